The molecule has 0 saturated carbocycles. The molecule has 2 heterocycles. The van der Waals surface area contributed by atoms with E-state index in [4.69, 9.17) is 0 Å². The van der Waals surface area contributed by atoms with E-state index >= 15 is 0 Å². The van der Waals surface area contributed by atoms with Gasteiger partial charge in [-0.2, -0.15) is 0 Å². The van der Waals surface area contributed by atoms with Crippen molar-refractivity contribution in [3.63, 3.8) is 0 Å². The fraction of sp³-hybridized carbons (Fsp3) is 0.160. The molecule has 8 nitrogen and oxygen atoms in total. The average Bonchev–Trinajstić information content (AvgIpc) is 3.15. The van der Waals surface area contributed by atoms with E-state index in [2.05, 4.69) is 10.0 Å². The van der Waals surface area contributed by atoms with Gasteiger partial charge in [-0.15, -0.1) is 11.3 Å². The molecule has 1 atom stereocenters. The summed E-state index contributed by atoms with van der Waals surface area (Å²) in [5.74, 6) is -1.40. The molecule has 2 aromatic carbocycles. The molecule has 2 aromatic heterocycles. The third-order valence-corrected chi connectivity index (χ3v) is 8.72. The first-order chi connectivity index (χ1) is 16.6. The summed E-state index contributed by atoms with van der Waals surface area (Å²) in [7, 11) is -4.12. The number of sulfonamides is 1. The van der Waals surface area contributed by atoms with E-state index in [1.165, 1.54) is 29.7 Å². The van der Waals surface area contributed by atoms with Crippen LogP contribution >= 0.6 is 11.3 Å². The summed E-state index contributed by atoms with van der Waals surface area (Å²) in [4.78, 5) is 37.2. The molecule has 180 valence electrons. The van der Waals surface area contributed by atoms with E-state index in [-0.39, 0.29) is 15.3 Å². The number of carbonyl (C=O) groups excluding carboxylic acids is 2. The summed E-state index contributed by atoms with van der Waals surface area (Å²) in [5.41, 5.74) is 2.21. The second kappa shape index (κ2) is 9.47. The van der Waals surface area contributed by atoms with Gasteiger partial charge in [-0.25, -0.2) is 13.1 Å². The molecule has 4 aromatic rings. The Morgan fingerprint density at radius 2 is 1.71 bits per heavy atom. The number of aryl methyl sites for hydroxylation is 2. The van der Waals surface area contributed by atoms with E-state index < -0.39 is 27.9 Å². The zero-order valence-corrected chi connectivity index (χ0v) is 20.9. The van der Waals surface area contributed by atoms with Crippen molar-refractivity contribution in [2.45, 2.75) is 31.0 Å². The van der Waals surface area contributed by atoms with E-state index in [0.717, 1.165) is 27.0 Å². The Morgan fingerprint density at radius 1 is 1.00 bits per heavy atom. The summed E-state index contributed by atoms with van der Waals surface area (Å²) >= 11 is 1.10. The molecule has 0 aliphatic carbocycles. The number of amides is 2. The maximum Gasteiger partial charge on any atom is 0.273 e. The van der Waals surface area contributed by atoms with E-state index in [1.54, 1.807) is 37.4 Å². The highest BCUT2D eigenvalue weighted by Crippen LogP contribution is 2.34. The predicted molar refractivity (Wildman–Crippen MR) is 136 cm³/mol. The molecule has 1 unspecified atom stereocenters. The Kier molecular flexibility index (Phi) is 6.60. The van der Waals surface area contributed by atoms with Gasteiger partial charge >= 0.3 is 0 Å². The second-order valence-corrected chi connectivity index (χ2v) is 11.1. The van der Waals surface area contributed by atoms with Crippen LogP contribution in [0.15, 0.2) is 75.9 Å². The van der Waals surface area contributed by atoms with E-state index in [1.807, 2.05) is 25.1 Å². The highest BCUT2D eigenvalue weighted by molar-refractivity contribution is 7.92. The van der Waals surface area contributed by atoms with Crippen molar-refractivity contribution in [3.05, 3.63) is 93.9 Å². The van der Waals surface area contributed by atoms with Crippen molar-refractivity contribution in [3.8, 4) is 5.69 Å². The number of carbonyl (C=O) groups is 2. The van der Waals surface area contributed by atoms with Crippen LogP contribution in [0, 0.1) is 13.8 Å². The van der Waals surface area contributed by atoms with Crippen LogP contribution in [-0.2, 0) is 14.8 Å². The van der Waals surface area contributed by atoms with Crippen LogP contribution in [0.4, 0.5) is 0 Å². The van der Waals surface area contributed by atoms with Crippen LogP contribution in [0.5, 0.6) is 0 Å². The molecule has 10 heteroatoms. The molecule has 0 aliphatic heterocycles. The first-order valence-corrected chi connectivity index (χ1v) is 13.0. The molecule has 0 bridgehead atoms. The standard InChI is InChI=1S/C25H23N3O5S2/c1-15-7-12-20-16(2)25(34-21(20)14-15)35(32,33)27-23(30)17(3)26-24(31)18-8-10-19(11-9-18)28-13-5-4-6-22(28)29/h4-14,17H,1-3H3,(H,26,31)(H,27,30). The van der Waals surface area contributed by atoms with Gasteiger partial charge in [0.1, 0.15) is 10.3 Å². The number of rotatable bonds is 6. The van der Waals surface area contributed by atoms with Gasteiger partial charge in [0.2, 0.25) is 0 Å². The quantitative estimate of drug-likeness (QED) is 0.414. The maximum atomic E-state index is 12.9. The monoisotopic (exact) mass is 509 g/mol. The number of pyridine rings is 1. The summed E-state index contributed by atoms with van der Waals surface area (Å²) in [5, 5.41) is 3.32. The minimum atomic E-state index is -4.12. The van der Waals surface area contributed by atoms with Gasteiger partial charge in [0.15, 0.2) is 0 Å². The van der Waals surface area contributed by atoms with Gasteiger partial charge in [0, 0.05) is 28.2 Å². The SMILES string of the molecule is Cc1ccc2c(C)c(S(=O)(=O)NC(=O)C(C)NC(=O)c3ccc(-n4ccccc4=O)cc3)sc2c1. The van der Waals surface area contributed by atoms with Crippen LogP contribution in [-0.4, -0.2) is 30.8 Å². The third-order valence-electron chi connectivity index (χ3n) is 5.50. The molecule has 0 saturated heterocycles. The Hall–Kier alpha value is -3.76. The Morgan fingerprint density at radius 3 is 2.40 bits per heavy atom. The van der Waals surface area contributed by atoms with Gasteiger partial charge in [-0.05, 0) is 73.7 Å². The molecule has 2 amide bonds. The summed E-state index contributed by atoms with van der Waals surface area (Å²) in [6, 6.07) is 15.6. The third kappa shape index (κ3) is 5.03. The van der Waals surface area contributed by atoms with Crippen molar-refractivity contribution in [1.29, 1.82) is 0 Å². The average molecular weight is 510 g/mol. The number of nitrogens with one attached hydrogen (secondary N) is 2. The van der Waals surface area contributed by atoms with Crippen molar-refractivity contribution in [2.75, 3.05) is 0 Å². The van der Waals surface area contributed by atoms with Crippen molar-refractivity contribution in [2.24, 2.45) is 0 Å². The first kappa shape index (κ1) is 24.4. The lowest BCUT2D eigenvalue weighted by molar-refractivity contribution is -0.120. The molecular formula is C25H23N3O5S2. The molecule has 2 N–H and O–H groups in total. The summed E-state index contributed by atoms with van der Waals surface area (Å²) in [6.07, 6.45) is 1.61. The number of aromatic nitrogens is 1. The number of thiophene rings is 1. The second-order valence-electron chi connectivity index (χ2n) is 8.13. The minimum Gasteiger partial charge on any atom is -0.340 e. The Balaban J connectivity index is 1.45. The van der Waals surface area contributed by atoms with Crippen LogP contribution < -0.4 is 15.6 Å². The van der Waals surface area contributed by atoms with Gasteiger partial charge < -0.3 is 5.32 Å². The molecular weight excluding hydrogens is 486 g/mol. The number of nitrogens with zero attached hydrogens (tertiary/aromatic N) is 1. The molecule has 0 spiro atoms. The predicted octanol–water partition coefficient (Wildman–Crippen LogP) is 3.29. The van der Waals surface area contributed by atoms with E-state index in [0.29, 0.717) is 11.3 Å². The minimum absolute atomic E-state index is 0.0664. The topological polar surface area (TPSA) is 114 Å². The lowest BCUT2D eigenvalue weighted by Crippen LogP contribution is -2.46. The number of hydrogen-bond donors (Lipinski definition) is 2. The zero-order valence-electron chi connectivity index (χ0n) is 19.2. The highest BCUT2D eigenvalue weighted by Gasteiger charge is 2.27. The van der Waals surface area contributed by atoms with Gasteiger partial charge in [0.05, 0.1) is 0 Å². The lowest BCUT2D eigenvalue weighted by atomic mass is 10.1. The number of fused-ring (bicyclic) bond motifs is 1. The van der Waals surface area contributed by atoms with Crippen LogP contribution in [0.3, 0.4) is 0 Å². The van der Waals surface area contributed by atoms with Crippen molar-refractivity contribution < 1.29 is 18.0 Å². The molecule has 0 radical (unpaired) electrons. The smallest absolute Gasteiger partial charge is 0.273 e. The zero-order chi connectivity index (χ0) is 25.3. The maximum absolute atomic E-state index is 12.9. The fourth-order valence-corrected chi connectivity index (χ4v) is 6.51. The summed E-state index contributed by atoms with van der Waals surface area (Å²) in [6.45, 7) is 5.03. The Bertz CT molecular complexity index is 1600. The lowest BCUT2D eigenvalue weighted by Gasteiger charge is -2.14. The largest absolute Gasteiger partial charge is 0.340 e. The van der Waals surface area contributed by atoms with Crippen LogP contribution in [0.2, 0.25) is 0 Å². The highest BCUT2D eigenvalue weighted by atomic mass is 32.2. The van der Waals surface area contributed by atoms with Crippen LogP contribution in [0.25, 0.3) is 15.8 Å². The molecule has 35 heavy (non-hydrogen) atoms. The van der Waals surface area contributed by atoms with E-state index in [9.17, 15) is 22.8 Å². The molecule has 0 aliphatic rings. The number of hydrogen-bond acceptors (Lipinski definition) is 6. The van der Waals surface area contributed by atoms with Crippen molar-refractivity contribution in [1.82, 2.24) is 14.6 Å². The number of benzene rings is 2. The normalized spacial score (nSPS) is 12.3. The van der Waals surface area contributed by atoms with Crippen LogP contribution in [0.1, 0.15) is 28.4 Å². The van der Waals surface area contributed by atoms with Crippen molar-refractivity contribution >= 4 is 43.3 Å². The van der Waals surface area contributed by atoms with Gasteiger partial charge in [-0.3, -0.25) is 19.0 Å². The molecule has 4 rings (SSSR count). The van der Waals surface area contributed by atoms with Gasteiger partial charge in [-0.1, -0.05) is 18.2 Å². The summed E-state index contributed by atoms with van der Waals surface area (Å²) < 4.78 is 30.2. The fourth-order valence-electron chi connectivity index (χ4n) is 3.59. The Labute approximate surface area is 206 Å². The van der Waals surface area contributed by atoms with Gasteiger partial charge in [0.25, 0.3) is 27.4 Å². The molecule has 0 fully saturated rings. The first-order valence-electron chi connectivity index (χ1n) is 10.7.